The predicted octanol–water partition coefficient (Wildman–Crippen LogP) is 4.58. The van der Waals surface area contributed by atoms with E-state index in [1.54, 1.807) is 0 Å². The number of hydrogen-bond donors (Lipinski definition) is 0. The molecule has 0 aliphatic carbocycles. The first-order valence-corrected chi connectivity index (χ1v) is 6.87. The Kier molecular flexibility index (Phi) is 3.91. The first-order chi connectivity index (χ1) is 8.91. The van der Waals surface area contributed by atoms with Gasteiger partial charge in [0.1, 0.15) is 5.15 Å². The van der Waals surface area contributed by atoms with Crippen LogP contribution in [0.1, 0.15) is 50.4 Å². The summed E-state index contributed by atoms with van der Waals surface area (Å²) in [5, 5.41) is 0.516. The average Bonchev–Trinajstić information content (AvgIpc) is 2.39. The summed E-state index contributed by atoms with van der Waals surface area (Å²) in [6.07, 6.45) is 3.78. The lowest BCUT2D eigenvalue weighted by Gasteiger charge is -2.24. The molecule has 0 aromatic carbocycles. The third-order valence-corrected chi connectivity index (χ3v) is 3.77. The van der Waals surface area contributed by atoms with Crippen molar-refractivity contribution in [1.82, 2.24) is 9.97 Å². The molecule has 0 amide bonds. The summed E-state index contributed by atoms with van der Waals surface area (Å²) < 4.78 is 0. The highest BCUT2D eigenvalue weighted by Gasteiger charge is 2.25. The van der Waals surface area contributed by atoms with Gasteiger partial charge in [0.15, 0.2) is 0 Å². The minimum atomic E-state index is -0.174. The van der Waals surface area contributed by atoms with Gasteiger partial charge >= 0.3 is 0 Å². The maximum atomic E-state index is 5.84. The number of rotatable bonds is 3. The molecule has 3 heteroatoms. The molecular weight excluding hydrogens is 256 g/mol. The van der Waals surface area contributed by atoms with E-state index in [2.05, 4.69) is 49.8 Å². The molecule has 0 saturated heterocycles. The predicted molar refractivity (Wildman–Crippen MR) is 79.7 cm³/mol. The van der Waals surface area contributed by atoms with Crippen molar-refractivity contribution in [2.75, 3.05) is 0 Å². The van der Waals surface area contributed by atoms with Crippen LogP contribution < -0.4 is 0 Å². The van der Waals surface area contributed by atoms with E-state index in [0.29, 0.717) is 11.1 Å². The Bertz CT molecular complexity index is 542. The van der Waals surface area contributed by atoms with Gasteiger partial charge in [0.05, 0.1) is 5.69 Å². The standard InChI is InChI=1S/C16H19ClN2/c1-11(2)12-5-7-14(18-9-12)16(3,4)13-6-8-15(17)19-10-13/h5-11H,1-4H3. The third kappa shape index (κ3) is 2.95. The maximum Gasteiger partial charge on any atom is 0.129 e. The maximum absolute atomic E-state index is 5.84. The van der Waals surface area contributed by atoms with Gasteiger partial charge in [-0.25, -0.2) is 4.98 Å². The molecule has 19 heavy (non-hydrogen) atoms. The van der Waals surface area contributed by atoms with Crippen molar-refractivity contribution in [2.45, 2.75) is 39.0 Å². The van der Waals surface area contributed by atoms with Crippen molar-refractivity contribution in [3.63, 3.8) is 0 Å². The van der Waals surface area contributed by atoms with E-state index in [0.717, 1.165) is 11.3 Å². The number of hydrogen-bond acceptors (Lipinski definition) is 2. The molecule has 0 atom stereocenters. The molecule has 2 aromatic heterocycles. The lowest BCUT2D eigenvalue weighted by Crippen LogP contribution is -2.20. The second-order valence-corrected chi connectivity index (χ2v) is 6.01. The van der Waals surface area contributed by atoms with Crippen LogP contribution >= 0.6 is 11.6 Å². The Morgan fingerprint density at radius 1 is 1.00 bits per heavy atom. The zero-order valence-electron chi connectivity index (χ0n) is 11.8. The molecule has 0 aliphatic heterocycles. The van der Waals surface area contributed by atoms with Gasteiger partial charge < -0.3 is 0 Å². The van der Waals surface area contributed by atoms with Gasteiger partial charge in [-0.15, -0.1) is 0 Å². The molecular formula is C16H19ClN2. The number of aromatic nitrogens is 2. The highest BCUT2D eigenvalue weighted by atomic mass is 35.5. The van der Waals surface area contributed by atoms with E-state index in [4.69, 9.17) is 11.6 Å². The molecule has 0 aliphatic rings. The SMILES string of the molecule is CC(C)c1ccc(C(C)(C)c2ccc(Cl)nc2)nc1. The summed E-state index contributed by atoms with van der Waals surface area (Å²) in [5.74, 6) is 0.502. The Hall–Kier alpha value is -1.41. The molecule has 0 bridgehead atoms. The fourth-order valence-corrected chi connectivity index (χ4v) is 2.12. The van der Waals surface area contributed by atoms with Gasteiger partial charge in [0.2, 0.25) is 0 Å². The Morgan fingerprint density at radius 2 is 1.74 bits per heavy atom. The summed E-state index contributed by atoms with van der Waals surface area (Å²) in [5.41, 5.74) is 3.24. The van der Waals surface area contributed by atoms with Gasteiger partial charge in [-0.3, -0.25) is 4.98 Å². The van der Waals surface area contributed by atoms with Gasteiger partial charge in [-0.05, 0) is 29.2 Å². The van der Waals surface area contributed by atoms with Crippen molar-refractivity contribution >= 4 is 11.6 Å². The van der Waals surface area contributed by atoms with Crippen LogP contribution in [0.5, 0.6) is 0 Å². The molecule has 0 N–H and O–H groups in total. The summed E-state index contributed by atoms with van der Waals surface area (Å²) in [4.78, 5) is 8.76. The van der Waals surface area contributed by atoms with Gasteiger partial charge in [0.25, 0.3) is 0 Å². The highest BCUT2D eigenvalue weighted by molar-refractivity contribution is 6.29. The quantitative estimate of drug-likeness (QED) is 0.766. The monoisotopic (exact) mass is 274 g/mol. The summed E-state index contributed by atoms with van der Waals surface area (Å²) in [7, 11) is 0. The first kappa shape index (κ1) is 14.0. The van der Waals surface area contributed by atoms with Crippen LogP contribution in [-0.4, -0.2) is 9.97 Å². The molecule has 0 unspecified atom stereocenters. The topological polar surface area (TPSA) is 25.8 Å². The van der Waals surface area contributed by atoms with E-state index in [9.17, 15) is 0 Å². The van der Waals surface area contributed by atoms with Gasteiger partial charge in [-0.2, -0.15) is 0 Å². The normalized spacial score (nSPS) is 11.9. The molecule has 0 fully saturated rings. The molecule has 0 saturated carbocycles. The molecule has 100 valence electrons. The van der Waals surface area contributed by atoms with Crippen LogP contribution in [-0.2, 0) is 5.41 Å². The summed E-state index contributed by atoms with van der Waals surface area (Å²) in [6.45, 7) is 8.64. The van der Waals surface area contributed by atoms with E-state index in [1.165, 1.54) is 5.56 Å². The lowest BCUT2D eigenvalue weighted by atomic mass is 9.82. The zero-order valence-corrected chi connectivity index (χ0v) is 12.6. The minimum absolute atomic E-state index is 0.174. The van der Waals surface area contributed by atoms with Crippen LogP contribution in [0.25, 0.3) is 0 Å². The lowest BCUT2D eigenvalue weighted by molar-refractivity contribution is 0.612. The zero-order chi connectivity index (χ0) is 14.0. The van der Waals surface area contributed by atoms with Crippen LogP contribution in [0.15, 0.2) is 36.7 Å². The summed E-state index contributed by atoms with van der Waals surface area (Å²) >= 11 is 5.84. The van der Waals surface area contributed by atoms with E-state index >= 15 is 0 Å². The molecule has 2 heterocycles. The smallest absolute Gasteiger partial charge is 0.129 e. The Morgan fingerprint density at radius 3 is 2.21 bits per heavy atom. The average molecular weight is 275 g/mol. The fraction of sp³-hybridized carbons (Fsp3) is 0.375. The molecule has 2 rings (SSSR count). The van der Waals surface area contributed by atoms with E-state index in [1.807, 2.05) is 24.5 Å². The van der Waals surface area contributed by atoms with Crippen molar-refractivity contribution in [3.05, 3.63) is 58.6 Å². The molecule has 2 aromatic rings. The van der Waals surface area contributed by atoms with Gasteiger partial charge in [0, 0.05) is 17.8 Å². The second-order valence-electron chi connectivity index (χ2n) is 5.63. The Labute approximate surface area is 119 Å². The molecule has 0 radical (unpaired) electrons. The van der Waals surface area contributed by atoms with Crippen molar-refractivity contribution < 1.29 is 0 Å². The first-order valence-electron chi connectivity index (χ1n) is 6.49. The van der Waals surface area contributed by atoms with E-state index < -0.39 is 0 Å². The van der Waals surface area contributed by atoms with Crippen LogP contribution in [0.4, 0.5) is 0 Å². The third-order valence-electron chi connectivity index (χ3n) is 3.54. The fourth-order valence-electron chi connectivity index (χ4n) is 2.01. The van der Waals surface area contributed by atoms with Crippen LogP contribution in [0, 0.1) is 0 Å². The highest BCUT2D eigenvalue weighted by Crippen LogP contribution is 2.30. The molecule has 2 nitrogen and oxygen atoms in total. The summed E-state index contributed by atoms with van der Waals surface area (Å²) in [6, 6.07) is 8.08. The number of nitrogens with zero attached hydrogens (tertiary/aromatic N) is 2. The van der Waals surface area contributed by atoms with Gasteiger partial charge in [-0.1, -0.05) is 51.4 Å². The largest absolute Gasteiger partial charge is 0.260 e. The van der Waals surface area contributed by atoms with Crippen LogP contribution in [0.3, 0.4) is 0 Å². The molecule has 0 spiro atoms. The number of pyridine rings is 2. The van der Waals surface area contributed by atoms with Crippen molar-refractivity contribution in [1.29, 1.82) is 0 Å². The number of halogens is 1. The minimum Gasteiger partial charge on any atom is -0.260 e. The van der Waals surface area contributed by atoms with Crippen molar-refractivity contribution in [2.24, 2.45) is 0 Å². The van der Waals surface area contributed by atoms with Crippen molar-refractivity contribution in [3.8, 4) is 0 Å². The van der Waals surface area contributed by atoms with Crippen LogP contribution in [0.2, 0.25) is 5.15 Å². The Balaban J connectivity index is 2.35. The second kappa shape index (κ2) is 5.30. The van der Waals surface area contributed by atoms with E-state index in [-0.39, 0.29) is 5.41 Å².